The van der Waals surface area contributed by atoms with Gasteiger partial charge in [-0.25, -0.2) is 0 Å². The second-order valence-electron chi connectivity index (χ2n) is 9.64. The lowest BCUT2D eigenvalue weighted by atomic mass is 9.76. The van der Waals surface area contributed by atoms with Crippen molar-refractivity contribution in [3.05, 3.63) is 0 Å². The summed E-state index contributed by atoms with van der Waals surface area (Å²) in [6.45, 7) is 9.75. The monoisotopic (exact) mass is 455 g/mol. The van der Waals surface area contributed by atoms with E-state index in [0.717, 1.165) is 4.90 Å². The fourth-order valence-electron chi connectivity index (χ4n) is 3.57. The molecule has 1 rings (SSSR count). The molecule has 8 nitrogen and oxygen atoms in total. The number of rotatable bonds is 11. The molecule has 31 heavy (non-hydrogen) atoms. The molecule has 0 aliphatic carbocycles. The summed E-state index contributed by atoms with van der Waals surface area (Å²) in [5.41, 5.74) is -0.414. The number of amides is 4. The molecule has 1 heterocycles. The average Bonchev–Trinajstić information content (AvgIpc) is 2.99. The van der Waals surface area contributed by atoms with Gasteiger partial charge in [-0.3, -0.25) is 28.9 Å². The third-order valence-corrected chi connectivity index (χ3v) is 6.00. The molecule has 1 fully saturated rings. The largest absolute Gasteiger partial charge is 0.359 e. The van der Waals surface area contributed by atoms with E-state index in [4.69, 9.17) is 0 Å². The van der Waals surface area contributed by atoms with E-state index in [1.807, 2.05) is 34.6 Å². The van der Waals surface area contributed by atoms with Crippen molar-refractivity contribution in [1.29, 1.82) is 0 Å². The fourth-order valence-corrected chi connectivity index (χ4v) is 3.76. The number of likely N-dealkylation sites (tertiary alicyclic amines) is 1. The van der Waals surface area contributed by atoms with Crippen LogP contribution < -0.4 is 10.6 Å². The first-order valence-electron chi connectivity index (χ1n) is 10.8. The van der Waals surface area contributed by atoms with Gasteiger partial charge >= 0.3 is 0 Å². The number of hydrogen-bond donors (Lipinski definition) is 3. The number of nitrogens with one attached hydrogen (secondary N) is 2. The smallest absolute Gasteiger partial charge is 0.233 e. The van der Waals surface area contributed by atoms with Crippen LogP contribution in [0.2, 0.25) is 0 Å². The van der Waals surface area contributed by atoms with Crippen LogP contribution in [0, 0.1) is 17.3 Å². The Hall–Kier alpha value is -1.90. The number of thiol groups is 1. The molecule has 0 spiro atoms. The minimum absolute atomic E-state index is 0.0227. The molecule has 1 saturated heterocycles. The molecular formula is C22H37N3O5S. The molecule has 176 valence electrons. The van der Waals surface area contributed by atoms with Gasteiger partial charge in [0.15, 0.2) is 5.78 Å². The third kappa shape index (κ3) is 8.27. The summed E-state index contributed by atoms with van der Waals surface area (Å²) < 4.78 is 0. The Balaban J connectivity index is 2.80. The number of carbonyl (C=O) groups excluding carboxylic acids is 5. The van der Waals surface area contributed by atoms with Crippen molar-refractivity contribution < 1.29 is 24.0 Å². The molecule has 0 saturated carbocycles. The van der Waals surface area contributed by atoms with Gasteiger partial charge < -0.3 is 10.6 Å². The lowest BCUT2D eigenvalue weighted by Gasteiger charge is -2.30. The second kappa shape index (κ2) is 11.6. The third-order valence-electron chi connectivity index (χ3n) is 5.51. The molecule has 4 amide bonds. The van der Waals surface area contributed by atoms with Crippen molar-refractivity contribution in [3.63, 3.8) is 0 Å². The van der Waals surface area contributed by atoms with E-state index in [-0.39, 0.29) is 61.7 Å². The molecule has 2 N–H and O–H groups in total. The standard InChI is InChI=1S/C22H37N3O5S/c1-13(2)11-15(16(26)12-14(20(29)23-6)22(3,4)5)24-21(30)17(31)9-10-25-18(27)7-8-19(25)28/h13-15,17,31H,7-12H2,1-6H3,(H,23,29)(H,24,30)/t14-,15+,17?/m1/s1. The van der Waals surface area contributed by atoms with Gasteiger partial charge in [0.2, 0.25) is 23.6 Å². The Bertz CT molecular complexity index is 686. The van der Waals surface area contributed by atoms with Crippen LogP contribution in [0.4, 0.5) is 0 Å². The molecular weight excluding hydrogens is 418 g/mol. The van der Waals surface area contributed by atoms with Crippen LogP contribution in [-0.2, 0) is 24.0 Å². The topological polar surface area (TPSA) is 113 Å². The van der Waals surface area contributed by atoms with Crippen LogP contribution >= 0.6 is 12.6 Å². The van der Waals surface area contributed by atoms with Gasteiger partial charge in [0, 0.05) is 38.8 Å². The van der Waals surface area contributed by atoms with Gasteiger partial charge in [-0.2, -0.15) is 12.6 Å². The van der Waals surface area contributed by atoms with Crippen LogP contribution in [0.1, 0.15) is 66.7 Å². The fraction of sp³-hybridized carbons (Fsp3) is 0.773. The van der Waals surface area contributed by atoms with Gasteiger partial charge in [-0.1, -0.05) is 34.6 Å². The minimum atomic E-state index is -0.763. The maximum atomic E-state index is 13.1. The van der Waals surface area contributed by atoms with E-state index < -0.39 is 28.5 Å². The van der Waals surface area contributed by atoms with Gasteiger partial charge in [0.25, 0.3) is 0 Å². The zero-order valence-electron chi connectivity index (χ0n) is 19.5. The summed E-state index contributed by atoms with van der Waals surface area (Å²) in [5, 5.41) is 4.63. The summed E-state index contributed by atoms with van der Waals surface area (Å²) in [6.07, 6.45) is 1.08. The van der Waals surface area contributed by atoms with E-state index in [1.54, 1.807) is 7.05 Å². The maximum absolute atomic E-state index is 13.1. The van der Waals surface area contributed by atoms with Gasteiger partial charge in [0.1, 0.15) is 0 Å². The molecule has 3 atom stereocenters. The van der Waals surface area contributed by atoms with Gasteiger partial charge in [-0.15, -0.1) is 0 Å². The van der Waals surface area contributed by atoms with E-state index in [0.29, 0.717) is 6.42 Å². The van der Waals surface area contributed by atoms with E-state index in [1.165, 1.54) is 0 Å². The SMILES string of the molecule is CNC(=O)[C@@H](CC(=O)[C@H](CC(C)C)NC(=O)C(S)CCN1C(=O)CCC1=O)C(C)(C)C. The van der Waals surface area contributed by atoms with Crippen molar-refractivity contribution in [2.24, 2.45) is 17.3 Å². The summed E-state index contributed by atoms with van der Waals surface area (Å²) in [7, 11) is 1.54. The number of ketones is 1. The predicted octanol–water partition coefficient (Wildman–Crippen LogP) is 1.72. The molecule has 0 bridgehead atoms. The lowest BCUT2D eigenvalue weighted by Crippen LogP contribution is -2.47. The zero-order valence-corrected chi connectivity index (χ0v) is 20.4. The first-order valence-corrected chi connectivity index (χ1v) is 11.4. The van der Waals surface area contributed by atoms with E-state index >= 15 is 0 Å². The molecule has 1 aliphatic rings. The Morgan fingerprint density at radius 1 is 1.06 bits per heavy atom. The summed E-state index contributed by atoms with van der Waals surface area (Å²) >= 11 is 4.32. The highest BCUT2D eigenvalue weighted by Gasteiger charge is 2.36. The number of Topliss-reactive ketones (excluding diaryl/α,β-unsaturated/α-hetero) is 1. The van der Waals surface area contributed by atoms with E-state index in [9.17, 15) is 24.0 Å². The van der Waals surface area contributed by atoms with Gasteiger partial charge in [-0.05, 0) is 24.2 Å². The normalized spacial score (nSPS) is 17.5. The number of hydrogen-bond acceptors (Lipinski definition) is 6. The van der Waals surface area contributed by atoms with Crippen molar-refractivity contribution >= 4 is 42.0 Å². The Morgan fingerprint density at radius 2 is 1.61 bits per heavy atom. The Morgan fingerprint density at radius 3 is 2.06 bits per heavy atom. The zero-order chi connectivity index (χ0) is 23.9. The Labute approximate surface area is 190 Å². The first-order chi connectivity index (χ1) is 14.3. The molecule has 1 unspecified atom stereocenters. The first kappa shape index (κ1) is 27.1. The lowest BCUT2D eigenvalue weighted by molar-refractivity contribution is -0.139. The highest BCUT2D eigenvalue weighted by Crippen LogP contribution is 2.30. The highest BCUT2D eigenvalue weighted by atomic mass is 32.1. The molecule has 9 heteroatoms. The van der Waals surface area contributed by atoms with Crippen molar-refractivity contribution in [1.82, 2.24) is 15.5 Å². The number of carbonyl (C=O) groups is 5. The molecule has 0 aromatic heterocycles. The van der Waals surface area contributed by atoms with Crippen LogP contribution in [0.15, 0.2) is 0 Å². The van der Waals surface area contributed by atoms with Crippen LogP contribution in [0.25, 0.3) is 0 Å². The predicted molar refractivity (Wildman–Crippen MR) is 121 cm³/mol. The highest BCUT2D eigenvalue weighted by molar-refractivity contribution is 7.81. The second-order valence-corrected chi connectivity index (χ2v) is 10.3. The molecule has 1 aliphatic heterocycles. The minimum Gasteiger partial charge on any atom is -0.359 e. The van der Waals surface area contributed by atoms with Crippen molar-refractivity contribution in [2.75, 3.05) is 13.6 Å². The molecule has 0 aromatic carbocycles. The van der Waals surface area contributed by atoms with Crippen molar-refractivity contribution in [2.45, 2.75) is 78.0 Å². The average molecular weight is 456 g/mol. The number of nitrogens with zero attached hydrogens (tertiary/aromatic N) is 1. The summed E-state index contributed by atoms with van der Waals surface area (Å²) in [4.78, 5) is 62.6. The van der Waals surface area contributed by atoms with E-state index in [2.05, 4.69) is 23.3 Å². The Kier molecular flexibility index (Phi) is 10.2. The quantitative estimate of drug-likeness (QED) is 0.324. The van der Waals surface area contributed by atoms with Crippen LogP contribution in [0.5, 0.6) is 0 Å². The maximum Gasteiger partial charge on any atom is 0.233 e. The van der Waals surface area contributed by atoms with Crippen LogP contribution in [0.3, 0.4) is 0 Å². The van der Waals surface area contributed by atoms with Gasteiger partial charge in [0.05, 0.1) is 11.3 Å². The summed E-state index contributed by atoms with van der Waals surface area (Å²) in [5.74, 6) is -1.66. The van der Waals surface area contributed by atoms with Crippen molar-refractivity contribution in [3.8, 4) is 0 Å². The summed E-state index contributed by atoms with van der Waals surface area (Å²) in [6, 6.07) is -0.730. The molecule has 0 aromatic rings. The molecule has 0 radical (unpaired) electrons. The number of imide groups is 1. The van der Waals surface area contributed by atoms with Crippen LogP contribution in [-0.4, -0.2) is 59.2 Å².